The van der Waals surface area contributed by atoms with E-state index in [0.29, 0.717) is 23.5 Å². The summed E-state index contributed by atoms with van der Waals surface area (Å²) >= 11 is 0. The maximum Gasteiger partial charge on any atom is 0.269 e. The van der Waals surface area contributed by atoms with E-state index in [-0.39, 0.29) is 12.0 Å². The third-order valence-electron chi connectivity index (χ3n) is 4.15. The molecule has 2 amide bonds. The van der Waals surface area contributed by atoms with Crippen LogP contribution in [0.5, 0.6) is 5.75 Å². The molecule has 3 rings (SSSR count). The summed E-state index contributed by atoms with van der Waals surface area (Å²) in [5.74, 6) is -0.0731. The Morgan fingerprint density at radius 1 is 1.08 bits per heavy atom. The van der Waals surface area contributed by atoms with Gasteiger partial charge in [-0.25, -0.2) is 0 Å². The Labute approximate surface area is 152 Å². The van der Waals surface area contributed by atoms with Crippen LogP contribution in [0.2, 0.25) is 0 Å². The lowest BCUT2D eigenvalue weighted by atomic mass is 10.1. The maximum absolute atomic E-state index is 12.1. The van der Waals surface area contributed by atoms with Crippen LogP contribution in [0.15, 0.2) is 48.5 Å². The molecule has 0 bridgehead atoms. The number of rotatable bonds is 5. The van der Waals surface area contributed by atoms with Crippen LogP contribution in [0.3, 0.4) is 0 Å². The molecule has 1 fully saturated rings. The molecule has 136 valence electrons. The van der Waals surface area contributed by atoms with Gasteiger partial charge in [-0.05, 0) is 56.2 Å². The predicted octanol–water partition coefficient (Wildman–Crippen LogP) is 2.63. The first-order chi connectivity index (χ1) is 12.6. The molecule has 1 aliphatic heterocycles. The van der Waals surface area contributed by atoms with E-state index < -0.39 is 5.91 Å². The molecule has 6 heteroatoms. The fraction of sp³-hybridized carbons (Fsp3) is 0.300. The Bertz CT molecular complexity index is 768. The van der Waals surface area contributed by atoms with Gasteiger partial charge in [0.25, 0.3) is 11.8 Å². The molecule has 1 heterocycles. The van der Waals surface area contributed by atoms with Crippen LogP contribution in [-0.4, -0.2) is 31.1 Å². The van der Waals surface area contributed by atoms with Crippen molar-refractivity contribution in [2.45, 2.75) is 25.9 Å². The molecule has 0 spiro atoms. The van der Waals surface area contributed by atoms with E-state index in [4.69, 9.17) is 9.47 Å². The highest BCUT2D eigenvalue weighted by molar-refractivity contribution is 5.99. The van der Waals surface area contributed by atoms with Gasteiger partial charge in [-0.3, -0.25) is 20.4 Å². The highest BCUT2D eigenvalue weighted by Gasteiger charge is 2.16. The Hall–Kier alpha value is -2.86. The van der Waals surface area contributed by atoms with E-state index in [9.17, 15) is 9.59 Å². The second-order valence-corrected chi connectivity index (χ2v) is 6.25. The van der Waals surface area contributed by atoms with Gasteiger partial charge < -0.3 is 9.47 Å². The van der Waals surface area contributed by atoms with Crippen molar-refractivity contribution in [2.24, 2.45) is 0 Å². The van der Waals surface area contributed by atoms with Crippen LogP contribution < -0.4 is 15.6 Å². The Kier molecular flexibility index (Phi) is 5.86. The molecule has 1 aliphatic rings. The molecular weight excluding hydrogens is 332 g/mol. The summed E-state index contributed by atoms with van der Waals surface area (Å²) in [6.45, 7) is 3.21. The summed E-state index contributed by atoms with van der Waals surface area (Å²) in [4.78, 5) is 24.2. The number of hydrogen-bond donors (Lipinski definition) is 2. The third-order valence-corrected chi connectivity index (χ3v) is 4.15. The van der Waals surface area contributed by atoms with Gasteiger partial charge in [0.2, 0.25) is 0 Å². The van der Waals surface area contributed by atoms with Crippen molar-refractivity contribution in [3.63, 3.8) is 0 Å². The van der Waals surface area contributed by atoms with E-state index in [2.05, 4.69) is 10.9 Å². The van der Waals surface area contributed by atoms with Crippen LogP contribution in [0.1, 0.15) is 39.1 Å². The highest BCUT2D eigenvalue weighted by atomic mass is 16.5. The Balaban J connectivity index is 1.49. The van der Waals surface area contributed by atoms with Crippen LogP contribution in [0.25, 0.3) is 0 Å². The summed E-state index contributed by atoms with van der Waals surface area (Å²) in [5, 5.41) is 0. The number of hydrogen-bond acceptors (Lipinski definition) is 4. The molecule has 0 saturated carbocycles. The van der Waals surface area contributed by atoms with Gasteiger partial charge in [-0.1, -0.05) is 17.7 Å². The van der Waals surface area contributed by atoms with Crippen molar-refractivity contribution in [3.05, 3.63) is 65.2 Å². The first-order valence-corrected chi connectivity index (χ1v) is 8.63. The first kappa shape index (κ1) is 17.9. The van der Waals surface area contributed by atoms with Crippen LogP contribution in [-0.2, 0) is 4.74 Å². The molecule has 0 aliphatic carbocycles. The van der Waals surface area contributed by atoms with Gasteiger partial charge in [0.05, 0.1) is 6.10 Å². The number of carbonyl (C=O) groups excluding carboxylic acids is 2. The SMILES string of the molecule is Cc1cccc(C(=O)NNC(=O)c2ccc(OC[C@@H]3CCCO3)cc2)c1. The summed E-state index contributed by atoms with van der Waals surface area (Å²) in [5.41, 5.74) is 6.72. The fourth-order valence-electron chi connectivity index (χ4n) is 2.71. The zero-order valence-corrected chi connectivity index (χ0v) is 14.7. The van der Waals surface area contributed by atoms with Gasteiger partial charge in [0.1, 0.15) is 12.4 Å². The molecule has 1 atom stereocenters. The zero-order chi connectivity index (χ0) is 18.4. The van der Waals surface area contributed by atoms with Gasteiger partial charge in [0.15, 0.2) is 0 Å². The molecule has 6 nitrogen and oxygen atoms in total. The zero-order valence-electron chi connectivity index (χ0n) is 14.7. The minimum absolute atomic E-state index is 0.148. The number of nitrogens with one attached hydrogen (secondary N) is 2. The number of carbonyl (C=O) groups is 2. The predicted molar refractivity (Wildman–Crippen MR) is 97.0 cm³/mol. The number of benzene rings is 2. The molecule has 0 aromatic heterocycles. The quantitative estimate of drug-likeness (QED) is 0.810. The first-order valence-electron chi connectivity index (χ1n) is 8.63. The van der Waals surface area contributed by atoms with Crippen molar-refractivity contribution in [2.75, 3.05) is 13.2 Å². The lowest BCUT2D eigenvalue weighted by Gasteiger charge is -2.12. The minimum Gasteiger partial charge on any atom is -0.491 e. The second kappa shape index (κ2) is 8.49. The third kappa shape index (κ3) is 4.83. The highest BCUT2D eigenvalue weighted by Crippen LogP contribution is 2.16. The van der Waals surface area contributed by atoms with Gasteiger partial charge >= 0.3 is 0 Å². The van der Waals surface area contributed by atoms with Gasteiger partial charge in [0, 0.05) is 17.7 Å². The van der Waals surface area contributed by atoms with Crippen LogP contribution >= 0.6 is 0 Å². The van der Waals surface area contributed by atoms with E-state index >= 15 is 0 Å². The minimum atomic E-state index is -0.392. The topological polar surface area (TPSA) is 76.7 Å². The number of hydrazine groups is 1. The normalized spacial score (nSPS) is 16.1. The molecule has 2 aromatic rings. The Morgan fingerprint density at radius 2 is 1.81 bits per heavy atom. The smallest absolute Gasteiger partial charge is 0.269 e. The van der Waals surface area contributed by atoms with Crippen LogP contribution in [0, 0.1) is 6.92 Å². The standard InChI is InChI=1S/C20H22N2O4/c1-14-4-2-5-16(12-14)20(24)22-21-19(23)15-7-9-17(10-8-15)26-13-18-6-3-11-25-18/h2,4-5,7-10,12,18H,3,6,11,13H2,1H3,(H,21,23)(H,22,24)/t18-/m0/s1. The average molecular weight is 354 g/mol. The van der Waals surface area contributed by atoms with Crippen LogP contribution in [0.4, 0.5) is 0 Å². The number of ether oxygens (including phenoxy) is 2. The van der Waals surface area contributed by atoms with Crippen molar-refractivity contribution >= 4 is 11.8 Å². The van der Waals surface area contributed by atoms with Crippen molar-refractivity contribution < 1.29 is 19.1 Å². The molecule has 2 N–H and O–H groups in total. The lowest BCUT2D eigenvalue weighted by molar-refractivity contribution is 0.0679. The molecule has 0 radical (unpaired) electrons. The summed E-state index contributed by atoms with van der Waals surface area (Å²) < 4.78 is 11.2. The van der Waals surface area contributed by atoms with E-state index in [1.807, 2.05) is 13.0 Å². The van der Waals surface area contributed by atoms with Gasteiger partial charge in [-0.2, -0.15) is 0 Å². The lowest BCUT2D eigenvalue weighted by Crippen LogP contribution is -2.41. The van der Waals surface area contributed by atoms with Crippen molar-refractivity contribution in [1.82, 2.24) is 10.9 Å². The maximum atomic E-state index is 12.1. The molecule has 26 heavy (non-hydrogen) atoms. The monoisotopic (exact) mass is 354 g/mol. The van der Waals surface area contributed by atoms with Crippen molar-refractivity contribution in [3.8, 4) is 5.75 Å². The second-order valence-electron chi connectivity index (χ2n) is 6.25. The summed E-state index contributed by atoms with van der Waals surface area (Å²) in [7, 11) is 0. The van der Waals surface area contributed by atoms with E-state index in [1.165, 1.54) is 0 Å². The van der Waals surface area contributed by atoms with Crippen molar-refractivity contribution in [1.29, 1.82) is 0 Å². The largest absolute Gasteiger partial charge is 0.491 e. The van der Waals surface area contributed by atoms with E-state index in [0.717, 1.165) is 25.0 Å². The Morgan fingerprint density at radius 3 is 2.46 bits per heavy atom. The number of aryl methyl sites for hydroxylation is 1. The number of amides is 2. The average Bonchev–Trinajstić information content (AvgIpc) is 3.18. The van der Waals surface area contributed by atoms with E-state index in [1.54, 1.807) is 42.5 Å². The van der Waals surface area contributed by atoms with Gasteiger partial charge in [-0.15, -0.1) is 0 Å². The molecule has 2 aromatic carbocycles. The fourth-order valence-corrected chi connectivity index (χ4v) is 2.71. The molecule has 0 unspecified atom stereocenters. The summed E-state index contributed by atoms with van der Waals surface area (Å²) in [6.07, 6.45) is 2.23. The molecular formula is C20H22N2O4. The molecule has 1 saturated heterocycles. The summed E-state index contributed by atoms with van der Waals surface area (Å²) in [6, 6.07) is 13.9.